The van der Waals surface area contributed by atoms with E-state index >= 15 is 0 Å². The molecule has 3 nitrogen and oxygen atoms in total. The van der Waals surface area contributed by atoms with Crippen molar-refractivity contribution in [2.24, 2.45) is 10.8 Å². The van der Waals surface area contributed by atoms with E-state index in [2.05, 4.69) is 20.8 Å². The van der Waals surface area contributed by atoms with Crippen LogP contribution >= 0.6 is 0 Å². The molecule has 3 fully saturated rings. The fourth-order valence-corrected chi connectivity index (χ4v) is 3.97. The molecule has 0 saturated heterocycles. The second-order valence-electron chi connectivity index (χ2n) is 8.07. The van der Waals surface area contributed by atoms with Crippen molar-refractivity contribution < 1.29 is 9.90 Å². The Labute approximate surface area is 104 Å². The Morgan fingerprint density at radius 3 is 1.71 bits per heavy atom. The minimum Gasteiger partial charge on any atom is -0.465 e. The fraction of sp³-hybridized carbons (Fsp3) is 0.929. The molecule has 3 aliphatic rings. The topological polar surface area (TPSA) is 40.5 Å². The van der Waals surface area contributed by atoms with Crippen molar-refractivity contribution in [3.63, 3.8) is 0 Å². The van der Waals surface area contributed by atoms with E-state index in [4.69, 9.17) is 0 Å². The normalized spacial score (nSPS) is 35.9. The van der Waals surface area contributed by atoms with Crippen LogP contribution in [-0.2, 0) is 0 Å². The van der Waals surface area contributed by atoms with Crippen molar-refractivity contribution in [3.8, 4) is 0 Å². The summed E-state index contributed by atoms with van der Waals surface area (Å²) in [5.74, 6) is 0. The maximum absolute atomic E-state index is 11.5. The molecule has 1 N–H and O–H groups in total. The van der Waals surface area contributed by atoms with Gasteiger partial charge in [0.25, 0.3) is 0 Å². The van der Waals surface area contributed by atoms with E-state index in [0.717, 1.165) is 19.3 Å². The van der Waals surface area contributed by atoms with Gasteiger partial charge in [0.15, 0.2) is 0 Å². The largest absolute Gasteiger partial charge is 0.465 e. The van der Waals surface area contributed by atoms with Gasteiger partial charge in [-0.05, 0) is 50.9 Å². The van der Waals surface area contributed by atoms with Gasteiger partial charge >= 0.3 is 6.09 Å². The summed E-state index contributed by atoms with van der Waals surface area (Å²) in [5.41, 5.74) is 0.344. The van der Waals surface area contributed by atoms with Gasteiger partial charge in [0.1, 0.15) is 0 Å². The summed E-state index contributed by atoms with van der Waals surface area (Å²) in [7, 11) is 0. The molecule has 1 amide bonds. The van der Waals surface area contributed by atoms with Crippen LogP contribution in [0, 0.1) is 10.8 Å². The summed E-state index contributed by atoms with van der Waals surface area (Å²) < 4.78 is 0. The van der Waals surface area contributed by atoms with Crippen molar-refractivity contribution >= 4 is 6.09 Å². The first kappa shape index (κ1) is 12.7. The number of carboxylic acid groups (broad SMARTS) is 1. The van der Waals surface area contributed by atoms with Gasteiger partial charge in [0.05, 0.1) is 0 Å². The lowest BCUT2D eigenvalue weighted by Crippen LogP contribution is -2.80. The first-order chi connectivity index (χ1) is 7.44. The highest BCUT2D eigenvalue weighted by molar-refractivity contribution is 5.68. The van der Waals surface area contributed by atoms with E-state index in [1.807, 2.05) is 20.8 Å². The average molecular weight is 239 g/mol. The zero-order chi connectivity index (χ0) is 13.3. The number of nitrogens with zero attached hydrogens (tertiary/aromatic N) is 1. The van der Waals surface area contributed by atoms with Crippen molar-refractivity contribution in [3.05, 3.63) is 0 Å². The van der Waals surface area contributed by atoms with Gasteiger partial charge in [-0.15, -0.1) is 0 Å². The Kier molecular flexibility index (Phi) is 2.23. The third kappa shape index (κ3) is 1.50. The van der Waals surface area contributed by atoms with Crippen LogP contribution in [0.5, 0.6) is 0 Å². The minimum absolute atomic E-state index is 0.0582. The fourth-order valence-electron chi connectivity index (χ4n) is 3.97. The Morgan fingerprint density at radius 1 is 1.06 bits per heavy atom. The molecule has 0 heterocycles. The van der Waals surface area contributed by atoms with Gasteiger partial charge in [0, 0.05) is 11.1 Å². The lowest BCUT2D eigenvalue weighted by molar-refractivity contribution is -0.270. The summed E-state index contributed by atoms with van der Waals surface area (Å²) >= 11 is 0. The highest BCUT2D eigenvalue weighted by atomic mass is 16.4. The van der Waals surface area contributed by atoms with Crippen molar-refractivity contribution in [2.75, 3.05) is 0 Å². The Morgan fingerprint density at radius 2 is 1.47 bits per heavy atom. The monoisotopic (exact) mass is 239 g/mol. The highest BCUT2D eigenvalue weighted by Crippen LogP contribution is 2.76. The molecule has 3 heteroatoms. The highest BCUT2D eigenvalue weighted by Gasteiger charge is 2.75. The molecule has 2 bridgehead atoms. The van der Waals surface area contributed by atoms with Gasteiger partial charge < -0.3 is 5.11 Å². The molecule has 98 valence electrons. The Hall–Kier alpha value is -0.730. The molecule has 0 aromatic rings. The van der Waals surface area contributed by atoms with Crippen molar-refractivity contribution in [1.29, 1.82) is 0 Å². The maximum Gasteiger partial charge on any atom is 0.408 e. The second-order valence-corrected chi connectivity index (χ2v) is 8.07. The molecule has 0 aromatic heterocycles. The lowest BCUT2D eigenvalue weighted by Gasteiger charge is -2.78. The number of hydrogen-bond acceptors (Lipinski definition) is 1. The van der Waals surface area contributed by atoms with Crippen LogP contribution in [0.4, 0.5) is 4.79 Å². The molecule has 0 spiro atoms. The molecule has 0 atom stereocenters. The first-order valence-electron chi connectivity index (χ1n) is 6.47. The zero-order valence-electron chi connectivity index (χ0n) is 11.9. The van der Waals surface area contributed by atoms with Gasteiger partial charge in [-0.25, -0.2) is 4.79 Å². The molecule has 3 rings (SSSR count). The molecular formula is C14H25NO2. The van der Waals surface area contributed by atoms with Crippen LogP contribution < -0.4 is 0 Å². The van der Waals surface area contributed by atoms with E-state index in [0.29, 0.717) is 10.8 Å². The number of carbonyl (C=O) groups is 1. The predicted octanol–water partition coefficient (Wildman–Crippen LogP) is 3.73. The van der Waals surface area contributed by atoms with Gasteiger partial charge in [-0.1, -0.05) is 20.8 Å². The van der Waals surface area contributed by atoms with Crippen LogP contribution in [0.3, 0.4) is 0 Å². The first-order valence-corrected chi connectivity index (χ1v) is 6.47. The van der Waals surface area contributed by atoms with E-state index in [1.165, 1.54) is 0 Å². The quantitative estimate of drug-likeness (QED) is 0.757. The van der Waals surface area contributed by atoms with E-state index in [-0.39, 0.29) is 11.1 Å². The molecule has 0 aromatic carbocycles. The lowest BCUT2D eigenvalue weighted by atomic mass is 9.32. The summed E-state index contributed by atoms with van der Waals surface area (Å²) in [6, 6.07) is 0. The van der Waals surface area contributed by atoms with Crippen LogP contribution in [-0.4, -0.2) is 27.2 Å². The Bertz CT molecular complexity index is 340. The predicted molar refractivity (Wildman–Crippen MR) is 68.1 cm³/mol. The number of amides is 1. The maximum atomic E-state index is 11.5. The van der Waals surface area contributed by atoms with Crippen LogP contribution in [0.2, 0.25) is 0 Å². The molecule has 0 aliphatic heterocycles. The van der Waals surface area contributed by atoms with Crippen molar-refractivity contribution in [1.82, 2.24) is 4.90 Å². The number of rotatable bonds is 1. The second kappa shape index (κ2) is 2.99. The van der Waals surface area contributed by atoms with E-state index < -0.39 is 6.09 Å². The van der Waals surface area contributed by atoms with Gasteiger partial charge in [-0.2, -0.15) is 0 Å². The smallest absolute Gasteiger partial charge is 0.408 e. The zero-order valence-corrected chi connectivity index (χ0v) is 11.9. The third-order valence-corrected chi connectivity index (χ3v) is 4.93. The molecule has 3 saturated carbocycles. The minimum atomic E-state index is -0.764. The summed E-state index contributed by atoms with van der Waals surface area (Å²) in [6.45, 7) is 12.8. The molecule has 3 aliphatic carbocycles. The summed E-state index contributed by atoms with van der Waals surface area (Å²) in [5, 5.41) is 9.45. The van der Waals surface area contributed by atoms with E-state index in [9.17, 15) is 9.90 Å². The van der Waals surface area contributed by atoms with E-state index in [1.54, 1.807) is 4.90 Å². The molecule has 0 unspecified atom stereocenters. The van der Waals surface area contributed by atoms with Gasteiger partial charge in [-0.3, -0.25) is 4.90 Å². The third-order valence-electron chi connectivity index (χ3n) is 4.93. The average Bonchev–Trinajstić information content (AvgIpc) is 1.85. The number of hydrogen-bond donors (Lipinski definition) is 1. The van der Waals surface area contributed by atoms with Gasteiger partial charge in [0.2, 0.25) is 0 Å². The van der Waals surface area contributed by atoms with Crippen LogP contribution in [0.15, 0.2) is 0 Å². The SMILES string of the molecule is CC(C)(C)N(C(=O)O)C12CC(C(C)(C)C)(C1)C2. The standard InChI is InChI=1S/C14H25NO2/c1-11(2,3)13-7-14(8-13,9-13)15(10(16)17)12(4,5)6/h7-9H2,1-6H3,(H,16,17). The molecular weight excluding hydrogens is 214 g/mol. The molecule has 0 radical (unpaired) electrons. The molecule has 17 heavy (non-hydrogen) atoms. The summed E-state index contributed by atoms with van der Waals surface area (Å²) in [4.78, 5) is 13.2. The van der Waals surface area contributed by atoms with Crippen molar-refractivity contribution in [2.45, 2.75) is 71.9 Å². The Balaban J connectivity index is 2.17. The summed E-state index contributed by atoms with van der Waals surface area (Å²) in [6.07, 6.45) is 2.38. The van der Waals surface area contributed by atoms with Crippen LogP contribution in [0.25, 0.3) is 0 Å². The van der Waals surface area contributed by atoms with Crippen LogP contribution in [0.1, 0.15) is 60.8 Å².